The van der Waals surface area contributed by atoms with Crippen molar-refractivity contribution in [2.75, 3.05) is 0 Å². The molecule has 0 amide bonds. The van der Waals surface area contributed by atoms with Crippen molar-refractivity contribution in [1.29, 1.82) is 0 Å². The van der Waals surface area contributed by atoms with Crippen molar-refractivity contribution >= 4 is 0 Å². The summed E-state index contributed by atoms with van der Waals surface area (Å²) in [6.07, 6.45) is 6.08. The van der Waals surface area contributed by atoms with Crippen LogP contribution in [0.1, 0.15) is 20.8 Å². The third kappa shape index (κ3) is 1.45. The molecule has 1 aliphatic rings. The Bertz CT molecular complexity index is 228. The molecule has 68 valence electrons. The molecule has 0 radical (unpaired) electrons. The lowest BCUT2D eigenvalue weighted by atomic mass is 9.77. The average molecular weight is 166 g/mol. The Morgan fingerprint density at radius 3 is 2.50 bits per heavy atom. The van der Waals surface area contributed by atoms with Crippen molar-refractivity contribution in [2.45, 2.75) is 32.4 Å². The maximum atomic E-state index is 6.18. The maximum absolute atomic E-state index is 6.18. The van der Waals surface area contributed by atoms with Crippen LogP contribution in [0.3, 0.4) is 0 Å². The molecule has 2 heteroatoms. The van der Waals surface area contributed by atoms with Gasteiger partial charge in [-0.3, -0.25) is 0 Å². The molecular weight excluding hydrogens is 148 g/mol. The van der Waals surface area contributed by atoms with E-state index in [0.717, 1.165) is 0 Å². The van der Waals surface area contributed by atoms with Gasteiger partial charge in [-0.15, -0.1) is 0 Å². The van der Waals surface area contributed by atoms with Crippen LogP contribution >= 0.6 is 0 Å². The minimum absolute atomic E-state index is 0.0544. The van der Waals surface area contributed by atoms with Gasteiger partial charge in [-0.25, -0.2) is 0 Å². The summed E-state index contributed by atoms with van der Waals surface area (Å²) in [5.41, 5.74) is 12.9. The molecule has 0 saturated carbocycles. The summed E-state index contributed by atoms with van der Waals surface area (Å²) in [6.45, 7) is 6.25. The summed E-state index contributed by atoms with van der Waals surface area (Å²) in [7, 11) is 0. The molecule has 1 aliphatic carbocycles. The first-order chi connectivity index (χ1) is 5.47. The minimum atomic E-state index is -0.362. The second-order valence-electron chi connectivity index (χ2n) is 3.93. The molecule has 4 N–H and O–H groups in total. The van der Waals surface area contributed by atoms with E-state index >= 15 is 0 Å². The van der Waals surface area contributed by atoms with E-state index < -0.39 is 0 Å². The third-order valence-electron chi connectivity index (χ3n) is 2.62. The lowest BCUT2D eigenvalue weighted by molar-refractivity contribution is 0.347. The van der Waals surface area contributed by atoms with E-state index in [0.29, 0.717) is 5.92 Å². The van der Waals surface area contributed by atoms with Crippen LogP contribution in [0.15, 0.2) is 23.8 Å². The fourth-order valence-corrected chi connectivity index (χ4v) is 1.51. The van der Waals surface area contributed by atoms with Gasteiger partial charge < -0.3 is 11.5 Å². The Morgan fingerprint density at radius 1 is 1.50 bits per heavy atom. The standard InChI is InChI=1S/C10H18N2/c1-7(2)10(12)6-8(3)4-5-9(10)11/h4-7,9H,11-12H2,1-3H3. The predicted octanol–water partition coefficient (Wildman–Crippen LogP) is 1.18. The van der Waals surface area contributed by atoms with E-state index in [1.54, 1.807) is 0 Å². The van der Waals surface area contributed by atoms with Crippen molar-refractivity contribution in [3.63, 3.8) is 0 Å². The fourth-order valence-electron chi connectivity index (χ4n) is 1.51. The number of rotatable bonds is 1. The predicted molar refractivity (Wildman–Crippen MR) is 52.6 cm³/mol. The second-order valence-corrected chi connectivity index (χ2v) is 3.93. The van der Waals surface area contributed by atoms with Crippen LogP contribution in [-0.2, 0) is 0 Å². The number of hydrogen-bond acceptors (Lipinski definition) is 2. The van der Waals surface area contributed by atoms with Crippen molar-refractivity contribution in [2.24, 2.45) is 17.4 Å². The smallest absolute Gasteiger partial charge is 0.0558 e. The SMILES string of the molecule is CC1=CC(N)(C(C)C)C(N)C=C1. The third-order valence-corrected chi connectivity index (χ3v) is 2.62. The summed E-state index contributed by atoms with van der Waals surface area (Å²) in [4.78, 5) is 0. The van der Waals surface area contributed by atoms with Crippen LogP contribution in [-0.4, -0.2) is 11.6 Å². The summed E-state index contributed by atoms with van der Waals surface area (Å²) in [6, 6.07) is -0.0544. The zero-order valence-electron chi connectivity index (χ0n) is 8.04. The first kappa shape index (κ1) is 9.49. The zero-order chi connectivity index (χ0) is 9.35. The molecule has 0 saturated heterocycles. The molecule has 12 heavy (non-hydrogen) atoms. The van der Waals surface area contributed by atoms with Crippen LogP contribution < -0.4 is 11.5 Å². The van der Waals surface area contributed by atoms with Gasteiger partial charge in [0.15, 0.2) is 0 Å². The maximum Gasteiger partial charge on any atom is 0.0558 e. The molecule has 2 atom stereocenters. The van der Waals surface area contributed by atoms with Crippen molar-refractivity contribution in [1.82, 2.24) is 0 Å². The van der Waals surface area contributed by atoms with Crippen LogP contribution in [0.2, 0.25) is 0 Å². The van der Waals surface area contributed by atoms with E-state index in [2.05, 4.69) is 19.9 Å². The van der Waals surface area contributed by atoms with E-state index in [-0.39, 0.29) is 11.6 Å². The Hall–Kier alpha value is -0.600. The quantitative estimate of drug-likeness (QED) is 0.614. The Morgan fingerprint density at radius 2 is 2.08 bits per heavy atom. The molecule has 2 unspecified atom stereocenters. The summed E-state index contributed by atoms with van der Waals surface area (Å²) >= 11 is 0. The molecule has 2 nitrogen and oxygen atoms in total. The minimum Gasteiger partial charge on any atom is -0.323 e. The van der Waals surface area contributed by atoms with Gasteiger partial charge in [-0.05, 0) is 12.8 Å². The molecule has 0 fully saturated rings. The molecule has 0 aliphatic heterocycles. The topological polar surface area (TPSA) is 52.0 Å². The zero-order valence-corrected chi connectivity index (χ0v) is 8.04. The summed E-state index contributed by atoms with van der Waals surface area (Å²) < 4.78 is 0. The van der Waals surface area contributed by atoms with Gasteiger partial charge in [0.2, 0.25) is 0 Å². The van der Waals surface area contributed by atoms with E-state index in [4.69, 9.17) is 11.5 Å². The summed E-state index contributed by atoms with van der Waals surface area (Å²) in [5, 5.41) is 0. The monoisotopic (exact) mass is 166 g/mol. The van der Waals surface area contributed by atoms with Crippen molar-refractivity contribution in [3.8, 4) is 0 Å². The molecule has 0 bridgehead atoms. The van der Waals surface area contributed by atoms with Gasteiger partial charge >= 0.3 is 0 Å². The Kier molecular flexibility index (Phi) is 2.40. The van der Waals surface area contributed by atoms with Gasteiger partial charge in [0.25, 0.3) is 0 Å². The first-order valence-corrected chi connectivity index (χ1v) is 4.39. The lowest BCUT2D eigenvalue weighted by Gasteiger charge is -2.37. The highest BCUT2D eigenvalue weighted by molar-refractivity contribution is 5.33. The fraction of sp³-hybridized carbons (Fsp3) is 0.600. The molecule has 0 aromatic carbocycles. The molecule has 0 aromatic rings. The van der Waals surface area contributed by atoms with Crippen LogP contribution in [0.5, 0.6) is 0 Å². The molecule has 0 heterocycles. The van der Waals surface area contributed by atoms with Crippen molar-refractivity contribution < 1.29 is 0 Å². The normalized spacial score (nSPS) is 35.5. The van der Waals surface area contributed by atoms with E-state index in [1.165, 1.54) is 5.57 Å². The second kappa shape index (κ2) is 3.04. The molecular formula is C10H18N2. The average Bonchev–Trinajstić information content (AvgIpc) is 1.97. The Labute approximate surface area is 74.3 Å². The van der Waals surface area contributed by atoms with Crippen LogP contribution in [0, 0.1) is 5.92 Å². The molecule has 0 spiro atoms. The largest absolute Gasteiger partial charge is 0.323 e. The van der Waals surface area contributed by atoms with E-state index in [9.17, 15) is 0 Å². The highest BCUT2D eigenvalue weighted by Crippen LogP contribution is 2.25. The van der Waals surface area contributed by atoms with Gasteiger partial charge in [-0.1, -0.05) is 37.6 Å². The van der Waals surface area contributed by atoms with Gasteiger partial charge in [0.1, 0.15) is 0 Å². The van der Waals surface area contributed by atoms with Gasteiger partial charge in [0, 0.05) is 6.04 Å². The number of allylic oxidation sites excluding steroid dienone is 2. The number of nitrogens with two attached hydrogens (primary N) is 2. The first-order valence-electron chi connectivity index (χ1n) is 4.39. The van der Waals surface area contributed by atoms with Gasteiger partial charge in [0.05, 0.1) is 5.54 Å². The van der Waals surface area contributed by atoms with Crippen LogP contribution in [0.25, 0.3) is 0 Å². The highest BCUT2D eigenvalue weighted by Gasteiger charge is 2.33. The molecule has 1 rings (SSSR count). The Balaban J connectivity index is 2.97. The number of hydrogen-bond donors (Lipinski definition) is 2. The van der Waals surface area contributed by atoms with Gasteiger partial charge in [-0.2, -0.15) is 0 Å². The summed E-state index contributed by atoms with van der Waals surface area (Å²) in [5.74, 6) is 0.368. The lowest BCUT2D eigenvalue weighted by Crippen LogP contribution is -2.57. The molecule has 0 aromatic heterocycles. The van der Waals surface area contributed by atoms with Crippen molar-refractivity contribution in [3.05, 3.63) is 23.8 Å². The van der Waals surface area contributed by atoms with Crippen LogP contribution in [0.4, 0.5) is 0 Å². The highest BCUT2D eigenvalue weighted by atomic mass is 14.9. The van der Waals surface area contributed by atoms with E-state index in [1.807, 2.05) is 19.1 Å².